The zero-order valence-electron chi connectivity index (χ0n) is 10.4. The first-order valence-corrected chi connectivity index (χ1v) is 6.88. The average Bonchev–Trinajstić information content (AvgIpc) is 2.87. The minimum Gasteiger partial charge on any atom is -0.459 e. The Hall–Kier alpha value is -1.69. The maximum atomic E-state index is 13.4. The molecule has 3 N–H and O–H groups in total. The van der Waals surface area contributed by atoms with Crippen LogP contribution in [0.1, 0.15) is 17.4 Å². The van der Waals surface area contributed by atoms with Crippen molar-refractivity contribution in [3.8, 4) is 0 Å². The lowest BCUT2D eigenvalue weighted by atomic mass is 10.0. The normalized spacial score (nSPS) is 12.8. The largest absolute Gasteiger partial charge is 0.459 e. The Morgan fingerprint density at radius 3 is 2.70 bits per heavy atom. The summed E-state index contributed by atoms with van der Waals surface area (Å²) in [5, 5.41) is 0.982. The van der Waals surface area contributed by atoms with Gasteiger partial charge in [-0.25, -0.2) is 9.82 Å². The predicted octanol–water partition coefficient (Wildman–Crippen LogP) is 3.89. The van der Waals surface area contributed by atoms with Crippen molar-refractivity contribution in [1.82, 2.24) is 5.43 Å². The Balaban J connectivity index is 2.11. The highest BCUT2D eigenvalue weighted by atomic mass is 79.9. The molecule has 0 aliphatic heterocycles. The molecule has 20 heavy (non-hydrogen) atoms. The van der Waals surface area contributed by atoms with E-state index in [-0.39, 0.29) is 5.82 Å². The summed E-state index contributed by atoms with van der Waals surface area (Å²) in [7, 11) is 0. The number of halogens is 2. The van der Waals surface area contributed by atoms with Crippen LogP contribution >= 0.6 is 15.9 Å². The molecule has 0 aliphatic carbocycles. The summed E-state index contributed by atoms with van der Waals surface area (Å²) < 4.78 is 20.0. The Kier molecular flexibility index (Phi) is 3.56. The number of nitrogens with one attached hydrogen (secondary N) is 1. The van der Waals surface area contributed by atoms with Gasteiger partial charge in [-0.05, 0) is 35.9 Å². The number of fused-ring (bicyclic) bond motifs is 1. The molecule has 1 aromatic heterocycles. The number of para-hydroxylation sites is 1. The molecule has 3 aromatic rings. The van der Waals surface area contributed by atoms with E-state index in [2.05, 4.69) is 21.4 Å². The quantitative estimate of drug-likeness (QED) is 0.564. The lowest BCUT2D eigenvalue weighted by molar-refractivity contribution is 0.474. The van der Waals surface area contributed by atoms with Gasteiger partial charge in [0, 0.05) is 9.86 Å². The number of benzene rings is 2. The molecule has 1 atom stereocenters. The Labute approximate surface area is 123 Å². The van der Waals surface area contributed by atoms with E-state index in [1.807, 2.05) is 30.3 Å². The molecule has 0 radical (unpaired) electrons. The summed E-state index contributed by atoms with van der Waals surface area (Å²) in [6, 6.07) is 13.6. The molecule has 102 valence electrons. The number of hydrogen-bond donors (Lipinski definition) is 2. The van der Waals surface area contributed by atoms with E-state index < -0.39 is 6.04 Å². The van der Waals surface area contributed by atoms with Crippen molar-refractivity contribution in [2.75, 3.05) is 0 Å². The maximum absolute atomic E-state index is 13.4. The number of nitrogens with two attached hydrogens (primary N) is 1. The van der Waals surface area contributed by atoms with E-state index in [9.17, 15) is 4.39 Å². The summed E-state index contributed by atoms with van der Waals surface area (Å²) in [6.45, 7) is 0. The number of hydrazine groups is 1. The van der Waals surface area contributed by atoms with E-state index in [1.54, 1.807) is 6.07 Å². The maximum Gasteiger partial charge on any atom is 0.134 e. The molecule has 0 spiro atoms. The van der Waals surface area contributed by atoms with E-state index in [0.29, 0.717) is 11.3 Å². The van der Waals surface area contributed by atoms with Crippen molar-refractivity contribution in [2.45, 2.75) is 6.04 Å². The first-order valence-electron chi connectivity index (χ1n) is 6.08. The fraction of sp³-hybridized carbons (Fsp3) is 0.0667. The van der Waals surface area contributed by atoms with Crippen LogP contribution in [0.2, 0.25) is 0 Å². The van der Waals surface area contributed by atoms with Crippen LogP contribution in [-0.4, -0.2) is 0 Å². The minimum absolute atomic E-state index is 0.320. The highest BCUT2D eigenvalue weighted by molar-refractivity contribution is 9.10. The van der Waals surface area contributed by atoms with Gasteiger partial charge >= 0.3 is 0 Å². The molecular formula is C15H12BrFN2O. The fourth-order valence-corrected chi connectivity index (χ4v) is 2.68. The van der Waals surface area contributed by atoms with E-state index >= 15 is 0 Å². The highest BCUT2D eigenvalue weighted by Gasteiger charge is 2.20. The molecule has 0 saturated carbocycles. The zero-order chi connectivity index (χ0) is 14.1. The molecule has 0 amide bonds. The summed E-state index contributed by atoms with van der Waals surface area (Å²) in [4.78, 5) is 0. The van der Waals surface area contributed by atoms with Crippen molar-refractivity contribution in [3.05, 3.63) is 70.1 Å². The smallest absolute Gasteiger partial charge is 0.134 e. The molecule has 5 heteroatoms. The summed E-state index contributed by atoms with van der Waals surface area (Å²) in [5.74, 6) is 5.94. The molecule has 3 rings (SSSR count). The molecule has 0 bridgehead atoms. The second-order valence-electron chi connectivity index (χ2n) is 4.45. The predicted molar refractivity (Wildman–Crippen MR) is 79.5 cm³/mol. The van der Waals surface area contributed by atoms with Gasteiger partial charge in [0.1, 0.15) is 23.2 Å². The SMILES string of the molecule is NNC(c1cc2ccccc2o1)c1cc(F)ccc1Br. The fourth-order valence-electron chi connectivity index (χ4n) is 2.21. The molecule has 1 heterocycles. The standard InChI is InChI=1S/C15H12BrFN2O/c16-12-6-5-10(17)8-11(12)15(19-18)14-7-9-3-1-2-4-13(9)20-14/h1-8,15,19H,18H2. The van der Waals surface area contributed by atoms with E-state index in [1.165, 1.54) is 12.1 Å². The summed E-state index contributed by atoms with van der Waals surface area (Å²) in [6.07, 6.45) is 0. The lowest BCUT2D eigenvalue weighted by Crippen LogP contribution is -2.28. The number of hydrogen-bond acceptors (Lipinski definition) is 3. The molecule has 0 aliphatic rings. The Morgan fingerprint density at radius 2 is 1.95 bits per heavy atom. The second-order valence-corrected chi connectivity index (χ2v) is 5.31. The van der Waals surface area contributed by atoms with Crippen LogP contribution in [-0.2, 0) is 0 Å². The van der Waals surface area contributed by atoms with Crippen molar-refractivity contribution in [1.29, 1.82) is 0 Å². The van der Waals surface area contributed by atoms with Gasteiger partial charge in [-0.1, -0.05) is 34.1 Å². The van der Waals surface area contributed by atoms with Crippen molar-refractivity contribution < 1.29 is 8.81 Å². The second kappa shape index (κ2) is 5.36. The average molecular weight is 335 g/mol. The third-order valence-electron chi connectivity index (χ3n) is 3.16. The third kappa shape index (κ3) is 2.35. The van der Waals surface area contributed by atoms with Gasteiger partial charge in [0.2, 0.25) is 0 Å². The van der Waals surface area contributed by atoms with Gasteiger partial charge < -0.3 is 4.42 Å². The van der Waals surface area contributed by atoms with Crippen molar-refractivity contribution in [2.24, 2.45) is 5.84 Å². The van der Waals surface area contributed by atoms with Gasteiger partial charge in [-0.3, -0.25) is 5.84 Å². The Morgan fingerprint density at radius 1 is 1.15 bits per heavy atom. The molecule has 0 fully saturated rings. The van der Waals surface area contributed by atoms with Crippen LogP contribution in [0.5, 0.6) is 0 Å². The first kappa shape index (κ1) is 13.3. The van der Waals surface area contributed by atoms with Gasteiger partial charge in [0.25, 0.3) is 0 Å². The third-order valence-corrected chi connectivity index (χ3v) is 3.89. The number of rotatable bonds is 3. The van der Waals surface area contributed by atoms with Gasteiger partial charge in [0.05, 0.1) is 0 Å². The lowest BCUT2D eigenvalue weighted by Gasteiger charge is -2.15. The summed E-state index contributed by atoms with van der Waals surface area (Å²) in [5.41, 5.74) is 4.13. The van der Waals surface area contributed by atoms with Crippen LogP contribution in [0, 0.1) is 5.82 Å². The minimum atomic E-state index is -0.424. The molecule has 3 nitrogen and oxygen atoms in total. The topological polar surface area (TPSA) is 51.2 Å². The van der Waals surface area contributed by atoms with E-state index in [4.69, 9.17) is 10.3 Å². The van der Waals surface area contributed by atoms with Gasteiger partial charge in [-0.2, -0.15) is 0 Å². The first-order chi connectivity index (χ1) is 9.69. The van der Waals surface area contributed by atoms with Crippen molar-refractivity contribution >= 4 is 26.9 Å². The zero-order valence-corrected chi connectivity index (χ0v) is 12.0. The summed E-state index contributed by atoms with van der Waals surface area (Å²) >= 11 is 3.41. The van der Waals surface area contributed by atoms with Crippen LogP contribution in [0.15, 0.2) is 57.4 Å². The van der Waals surface area contributed by atoms with Crippen LogP contribution < -0.4 is 11.3 Å². The molecule has 0 saturated heterocycles. The molecule has 1 unspecified atom stereocenters. The van der Waals surface area contributed by atoms with Crippen LogP contribution in [0.25, 0.3) is 11.0 Å². The van der Waals surface area contributed by atoms with Crippen LogP contribution in [0.4, 0.5) is 4.39 Å². The van der Waals surface area contributed by atoms with Gasteiger partial charge in [0.15, 0.2) is 0 Å². The Bertz CT molecular complexity index is 723. The number of furan rings is 1. The van der Waals surface area contributed by atoms with Gasteiger partial charge in [-0.15, -0.1) is 0 Å². The van der Waals surface area contributed by atoms with Crippen LogP contribution in [0.3, 0.4) is 0 Å². The molecule has 2 aromatic carbocycles. The molecular weight excluding hydrogens is 323 g/mol. The monoisotopic (exact) mass is 334 g/mol. The highest BCUT2D eigenvalue weighted by Crippen LogP contribution is 2.32. The van der Waals surface area contributed by atoms with Crippen molar-refractivity contribution in [3.63, 3.8) is 0 Å². The van der Waals surface area contributed by atoms with E-state index in [0.717, 1.165) is 15.4 Å².